The molecule has 3 aromatic carbocycles. The van der Waals surface area contributed by atoms with Crippen LogP contribution in [0.15, 0.2) is 79.4 Å². The van der Waals surface area contributed by atoms with Crippen LogP contribution < -0.4 is 0 Å². The highest BCUT2D eigenvalue weighted by atomic mass is 16.3. The van der Waals surface area contributed by atoms with Crippen molar-refractivity contribution in [3.8, 4) is 0 Å². The first kappa shape index (κ1) is 15.2. The quantitative estimate of drug-likeness (QED) is 0.705. The Morgan fingerprint density at radius 3 is 2.26 bits per heavy atom. The summed E-state index contributed by atoms with van der Waals surface area (Å²) in [5, 5.41) is 12.5. The number of carbonyl (C=O) groups is 1. The summed E-state index contributed by atoms with van der Waals surface area (Å²) >= 11 is 0. The van der Waals surface area contributed by atoms with Gasteiger partial charge in [-0.1, -0.05) is 73.3 Å². The van der Waals surface area contributed by atoms with Gasteiger partial charge in [-0.25, -0.2) is 0 Å². The number of benzene rings is 3. The zero-order chi connectivity index (χ0) is 16.2. The van der Waals surface area contributed by atoms with Crippen LogP contribution in [-0.4, -0.2) is 17.0 Å². The molecule has 114 valence electrons. The second kappa shape index (κ2) is 6.59. The Labute approximate surface area is 135 Å². The highest BCUT2D eigenvalue weighted by Gasteiger charge is 2.18. The predicted molar refractivity (Wildman–Crippen MR) is 94.4 cm³/mol. The third kappa shape index (κ3) is 3.38. The molecule has 2 heteroatoms. The number of rotatable bonds is 5. The molecule has 2 nitrogen and oxygen atoms in total. The second-order valence-electron chi connectivity index (χ2n) is 5.62. The van der Waals surface area contributed by atoms with E-state index in [4.69, 9.17) is 0 Å². The van der Waals surface area contributed by atoms with Crippen LogP contribution in [0, 0.1) is 0 Å². The summed E-state index contributed by atoms with van der Waals surface area (Å²) in [4.78, 5) is 12.2. The number of aliphatic hydroxyl groups excluding tert-OH is 1. The predicted octanol–water partition coefficient (Wildman–Crippen LogP) is 4.49. The third-order valence-corrected chi connectivity index (χ3v) is 3.96. The van der Waals surface area contributed by atoms with Gasteiger partial charge in [-0.2, -0.15) is 0 Å². The maximum Gasteiger partial charge on any atom is 0.191 e. The monoisotopic (exact) mass is 302 g/mol. The minimum Gasteiger partial charge on any atom is -0.385 e. The minimum atomic E-state index is -1.07. The fraction of sp³-hybridized carbons (Fsp3) is 0.0952. The molecule has 0 saturated carbocycles. The highest BCUT2D eigenvalue weighted by Crippen LogP contribution is 2.24. The zero-order valence-corrected chi connectivity index (χ0v) is 12.8. The lowest BCUT2D eigenvalue weighted by atomic mass is 9.95. The van der Waals surface area contributed by atoms with E-state index in [-0.39, 0.29) is 12.2 Å². The number of Topliss-reactive ketones (excluding diaryl/α,β-unsaturated/α-hetero) is 1. The van der Waals surface area contributed by atoms with Crippen molar-refractivity contribution in [1.29, 1.82) is 0 Å². The number of hydrogen-bond donors (Lipinski definition) is 1. The number of hydrogen-bond acceptors (Lipinski definition) is 2. The van der Waals surface area contributed by atoms with E-state index in [0.717, 1.165) is 21.9 Å². The first-order valence-electron chi connectivity index (χ1n) is 7.59. The molecule has 23 heavy (non-hydrogen) atoms. The van der Waals surface area contributed by atoms with Gasteiger partial charge < -0.3 is 5.11 Å². The topological polar surface area (TPSA) is 37.3 Å². The molecule has 0 bridgehead atoms. The van der Waals surface area contributed by atoms with Crippen molar-refractivity contribution < 1.29 is 9.90 Å². The molecule has 0 aliphatic rings. The molecule has 1 N–H and O–H groups in total. The van der Waals surface area contributed by atoms with E-state index in [2.05, 4.69) is 12.6 Å². The third-order valence-electron chi connectivity index (χ3n) is 3.96. The van der Waals surface area contributed by atoms with Gasteiger partial charge in [0.25, 0.3) is 0 Å². The smallest absolute Gasteiger partial charge is 0.191 e. The number of ketones is 1. The van der Waals surface area contributed by atoms with Gasteiger partial charge in [-0.15, -0.1) is 0 Å². The summed E-state index contributed by atoms with van der Waals surface area (Å²) in [5.41, 5.74) is 2.22. The molecule has 0 fully saturated rings. The highest BCUT2D eigenvalue weighted by molar-refractivity contribution is 6.00. The average molecular weight is 302 g/mol. The van der Waals surface area contributed by atoms with Crippen LogP contribution in [0.4, 0.5) is 0 Å². The molecule has 0 radical (unpaired) electrons. The molecule has 0 spiro atoms. The van der Waals surface area contributed by atoms with Gasteiger partial charge in [0.05, 0.1) is 0 Å². The lowest BCUT2D eigenvalue weighted by Gasteiger charge is -2.12. The lowest BCUT2D eigenvalue weighted by Crippen LogP contribution is -2.20. The van der Waals surface area contributed by atoms with E-state index in [1.165, 1.54) is 0 Å². The zero-order valence-electron chi connectivity index (χ0n) is 12.8. The molecule has 0 saturated heterocycles. The Bertz CT molecular complexity index is 850. The average Bonchev–Trinajstić information content (AvgIpc) is 2.61. The number of aliphatic hydroxyl groups is 1. The van der Waals surface area contributed by atoms with Crippen molar-refractivity contribution in [3.63, 3.8) is 0 Å². The molecule has 3 rings (SSSR count). The molecule has 1 atom stereocenters. The number of fused-ring (bicyclic) bond motifs is 1. The van der Waals surface area contributed by atoms with E-state index in [1.807, 2.05) is 42.5 Å². The molecule has 3 aromatic rings. The van der Waals surface area contributed by atoms with Gasteiger partial charge in [0.2, 0.25) is 0 Å². The van der Waals surface area contributed by atoms with Crippen LogP contribution >= 0.6 is 0 Å². The van der Waals surface area contributed by atoms with Crippen LogP contribution in [0.3, 0.4) is 0 Å². The summed E-state index contributed by atoms with van der Waals surface area (Å²) < 4.78 is 0. The van der Waals surface area contributed by atoms with E-state index in [0.29, 0.717) is 5.56 Å². The van der Waals surface area contributed by atoms with E-state index >= 15 is 0 Å². The van der Waals surface area contributed by atoms with Crippen LogP contribution in [0.2, 0.25) is 0 Å². The minimum absolute atomic E-state index is 0.228. The van der Waals surface area contributed by atoms with Gasteiger partial charge >= 0.3 is 0 Å². The lowest BCUT2D eigenvalue weighted by molar-refractivity contribution is 0.0757. The van der Waals surface area contributed by atoms with Crippen molar-refractivity contribution in [1.82, 2.24) is 0 Å². The second-order valence-corrected chi connectivity index (χ2v) is 5.62. The van der Waals surface area contributed by atoms with Gasteiger partial charge in [0.1, 0.15) is 6.10 Å². The maximum absolute atomic E-state index is 12.2. The first-order valence-corrected chi connectivity index (χ1v) is 7.59. The van der Waals surface area contributed by atoms with Crippen LogP contribution in [0.25, 0.3) is 16.3 Å². The van der Waals surface area contributed by atoms with Crippen molar-refractivity contribution in [2.24, 2.45) is 0 Å². The van der Waals surface area contributed by atoms with E-state index in [1.54, 1.807) is 24.3 Å². The number of carbonyl (C=O) groups excluding carboxylic acids is 1. The molecule has 0 aliphatic heterocycles. The van der Waals surface area contributed by atoms with Crippen LogP contribution in [-0.2, 0) is 0 Å². The molecule has 0 amide bonds. The van der Waals surface area contributed by atoms with Crippen molar-refractivity contribution >= 4 is 22.1 Å². The molecule has 0 heterocycles. The van der Waals surface area contributed by atoms with Gasteiger partial charge in [-0.05, 0) is 28.0 Å². The fourth-order valence-electron chi connectivity index (χ4n) is 2.65. The standard InChI is InChI=1S/C21H18O2/c1-15(13-20(22)21(23)17-8-3-2-4-9-17)18-12-11-16-7-5-6-10-19(16)14-18/h2-12,14,20,22H,1,13H2/t20-/m0/s1. The van der Waals surface area contributed by atoms with E-state index in [9.17, 15) is 9.90 Å². The summed E-state index contributed by atoms with van der Waals surface area (Å²) in [7, 11) is 0. The van der Waals surface area contributed by atoms with Gasteiger partial charge in [0.15, 0.2) is 5.78 Å². The Morgan fingerprint density at radius 2 is 1.52 bits per heavy atom. The summed E-state index contributed by atoms with van der Waals surface area (Å²) in [6.45, 7) is 4.04. The van der Waals surface area contributed by atoms with Crippen molar-refractivity contribution in [2.45, 2.75) is 12.5 Å². The fourth-order valence-corrected chi connectivity index (χ4v) is 2.65. The molecule has 0 aliphatic carbocycles. The summed E-state index contributed by atoms with van der Waals surface area (Å²) in [5.74, 6) is -0.271. The Morgan fingerprint density at radius 1 is 0.870 bits per heavy atom. The molecular formula is C21H18O2. The molecule has 0 aromatic heterocycles. The van der Waals surface area contributed by atoms with E-state index < -0.39 is 6.10 Å². The normalized spacial score (nSPS) is 12.0. The molecular weight excluding hydrogens is 284 g/mol. The van der Waals surface area contributed by atoms with Crippen molar-refractivity contribution in [3.05, 3.63) is 90.5 Å². The van der Waals surface area contributed by atoms with Crippen LogP contribution in [0.1, 0.15) is 22.3 Å². The first-order chi connectivity index (χ1) is 11.1. The van der Waals surface area contributed by atoms with Crippen LogP contribution in [0.5, 0.6) is 0 Å². The van der Waals surface area contributed by atoms with Gasteiger partial charge in [0, 0.05) is 12.0 Å². The summed E-state index contributed by atoms with van der Waals surface area (Å²) in [6, 6.07) is 23.0. The Hall–Kier alpha value is -2.71. The molecule has 0 unspecified atom stereocenters. The summed E-state index contributed by atoms with van der Waals surface area (Å²) in [6.07, 6.45) is -0.845. The van der Waals surface area contributed by atoms with Crippen molar-refractivity contribution in [2.75, 3.05) is 0 Å². The van der Waals surface area contributed by atoms with Gasteiger partial charge in [-0.3, -0.25) is 4.79 Å². The Balaban J connectivity index is 1.76. The maximum atomic E-state index is 12.2. The Kier molecular flexibility index (Phi) is 4.35. The largest absolute Gasteiger partial charge is 0.385 e. The SMILES string of the molecule is C=C(C[C@H](O)C(=O)c1ccccc1)c1ccc2ccccc2c1.